The van der Waals surface area contributed by atoms with Gasteiger partial charge in [0.25, 0.3) is 0 Å². The summed E-state index contributed by atoms with van der Waals surface area (Å²) < 4.78 is 32.6. The van der Waals surface area contributed by atoms with Gasteiger partial charge in [0.15, 0.2) is 11.4 Å². The summed E-state index contributed by atoms with van der Waals surface area (Å²) in [6.45, 7) is -0.754. The maximum atomic E-state index is 12.1. The minimum atomic E-state index is -4.51. The molecule has 13 heteroatoms. The molecule has 2 aliphatic heterocycles. The quantitative estimate of drug-likeness (QED) is 0.341. The second-order valence-electron chi connectivity index (χ2n) is 4.52. The van der Waals surface area contributed by atoms with E-state index < -0.39 is 53.5 Å². The second-order valence-corrected chi connectivity index (χ2v) is 6.79. The average molecular weight is 357 g/mol. The largest absolute Gasteiger partial charge is 0.394 e. The van der Waals surface area contributed by atoms with E-state index in [0.717, 1.165) is 11.8 Å². The molecule has 0 aromatic heterocycles. The Morgan fingerprint density at radius 2 is 1.95 bits per heavy atom. The number of amides is 2. The molecular formula is C9H15N3O8S2. The monoisotopic (exact) mass is 357 g/mol. The van der Waals surface area contributed by atoms with Crippen LogP contribution in [0.2, 0.25) is 0 Å². The maximum Gasteiger partial charge on any atom is 0.353 e. The highest BCUT2D eigenvalue weighted by atomic mass is 32.2. The van der Waals surface area contributed by atoms with E-state index in [1.54, 1.807) is 0 Å². The van der Waals surface area contributed by atoms with Gasteiger partial charge in [0.05, 0.1) is 6.61 Å². The first kappa shape index (κ1) is 17.4. The van der Waals surface area contributed by atoms with Crippen molar-refractivity contribution in [2.75, 3.05) is 12.9 Å². The van der Waals surface area contributed by atoms with Crippen molar-refractivity contribution in [3.8, 4) is 0 Å². The SMILES string of the molecule is CSC1=NS(=O)(=O)N([C@@H]2O[C@H](CO)[C@@H](O)[C@H](O)[C@H]2O)C(=O)N1. The van der Waals surface area contributed by atoms with Gasteiger partial charge in [-0.2, -0.15) is 12.7 Å². The summed E-state index contributed by atoms with van der Waals surface area (Å²) >= 11 is 0.887. The van der Waals surface area contributed by atoms with Gasteiger partial charge in [0.1, 0.15) is 24.4 Å². The van der Waals surface area contributed by atoms with Crippen LogP contribution in [0.3, 0.4) is 0 Å². The van der Waals surface area contributed by atoms with Crippen LogP contribution in [0, 0.1) is 0 Å². The number of nitrogens with one attached hydrogen (secondary N) is 1. The highest BCUT2D eigenvalue weighted by Gasteiger charge is 2.51. The van der Waals surface area contributed by atoms with Crippen molar-refractivity contribution in [3.05, 3.63) is 0 Å². The van der Waals surface area contributed by atoms with E-state index in [1.807, 2.05) is 0 Å². The lowest BCUT2D eigenvalue weighted by Gasteiger charge is -2.43. The summed E-state index contributed by atoms with van der Waals surface area (Å²) in [5, 5.41) is 40.3. The highest BCUT2D eigenvalue weighted by molar-refractivity contribution is 8.14. The molecule has 0 bridgehead atoms. The second kappa shape index (κ2) is 6.27. The molecule has 0 aliphatic carbocycles. The molecule has 5 N–H and O–H groups in total. The molecule has 2 amide bonds. The van der Waals surface area contributed by atoms with Gasteiger partial charge in [-0.25, -0.2) is 4.79 Å². The smallest absolute Gasteiger partial charge is 0.353 e. The molecule has 0 radical (unpaired) electrons. The van der Waals surface area contributed by atoms with Crippen molar-refractivity contribution in [1.82, 2.24) is 9.62 Å². The van der Waals surface area contributed by atoms with Crippen LogP contribution >= 0.6 is 11.8 Å². The number of hydrogen-bond acceptors (Lipinski definition) is 9. The third kappa shape index (κ3) is 2.92. The minimum absolute atomic E-state index is 0.120. The highest BCUT2D eigenvalue weighted by Crippen LogP contribution is 2.27. The first-order chi connectivity index (χ1) is 10.2. The van der Waals surface area contributed by atoms with E-state index in [0.29, 0.717) is 0 Å². The molecule has 2 aliphatic rings. The predicted molar refractivity (Wildman–Crippen MR) is 74.0 cm³/mol. The number of carbonyl (C=O) groups is 1. The Kier molecular flexibility index (Phi) is 4.96. The summed E-state index contributed by atoms with van der Waals surface area (Å²) in [4.78, 5) is 12.0. The van der Waals surface area contributed by atoms with Crippen LogP contribution in [0.25, 0.3) is 0 Å². The van der Waals surface area contributed by atoms with Gasteiger partial charge in [0, 0.05) is 0 Å². The number of rotatable bonds is 2. The lowest BCUT2D eigenvalue weighted by molar-refractivity contribution is -0.247. The van der Waals surface area contributed by atoms with E-state index in [1.165, 1.54) is 6.26 Å². The van der Waals surface area contributed by atoms with Gasteiger partial charge in [0.2, 0.25) is 0 Å². The molecule has 2 heterocycles. The van der Waals surface area contributed by atoms with Gasteiger partial charge in [-0.3, -0.25) is 5.32 Å². The number of urea groups is 1. The van der Waals surface area contributed by atoms with Crippen LogP contribution in [0.4, 0.5) is 4.79 Å². The molecule has 0 aromatic carbocycles. The number of amidine groups is 1. The van der Waals surface area contributed by atoms with Crippen molar-refractivity contribution < 1.29 is 38.4 Å². The van der Waals surface area contributed by atoms with Gasteiger partial charge in [-0.05, 0) is 6.26 Å². The molecule has 0 aromatic rings. The molecule has 1 fully saturated rings. The Bertz CT molecular complexity index is 579. The van der Waals surface area contributed by atoms with E-state index in [-0.39, 0.29) is 9.47 Å². The lowest BCUT2D eigenvalue weighted by Crippen LogP contribution is -2.66. The van der Waals surface area contributed by atoms with Crippen LogP contribution in [0.5, 0.6) is 0 Å². The standard InChI is InChI=1S/C9H15N3O8S2/c1-21-8-10-9(17)12(22(18,19)11-8)7-6(16)5(15)4(14)3(2-13)20-7/h3-7,13-16H,2H2,1H3,(H,10,11,17)/t3-,4-,5+,6-,7-/m1/s1. The summed E-state index contributed by atoms with van der Waals surface area (Å²) in [7, 11) is -4.51. The molecule has 0 saturated carbocycles. The number of carbonyl (C=O) groups excluding carboxylic acids is 1. The predicted octanol–water partition coefficient (Wildman–Crippen LogP) is -3.22. The number of nitrogens with zero attached hydrogens (tertiary/aromatic N) is 2. The normalized spacial score (nSPS) is 38.4. The van der Waals surface area contributed by atoms with Crippen LogP contribution in [-0.4, -0.2) is 87.9 Å². The molecule has 126 valence electrons. The Labute approximate surface area is 129 Å². The topological polar surface area (TPSA) is 169 Å². The Hall–Kier alpha value is -0.960. The van der Waals surface area contributed by atoms with Crippen molar-refractivity contribution >= 4 is 33.2 Å². The molecule has 2 rings (SSSR count). The van der Waals surface area contributed by atoms with Crippen molar-refractivity contribution in [2.24, 2.45) is 4.40 Å². The van der Waals surface area contributed by atoms with Crippen molar-refractivity contribution in [3.63, 3.8) is 0 Å². The first-order valence-corrected chi connectivity index (χ1v) is 8.65. The zero-order valence-electron chi connectivity index (χ0n) is 11.2. The zero-order valence-corrected chi connectivity index (χ0v) is 12.9. The van der Waals surface area contributed by atoms with Gasteiger partial charge in [-0.15, -0.1) is 4.40 Å². The fourth-order valence-electron chi connectivity index (χ4n) is 2.03. The summed E-state index contributed by atoms with van der Waals surface area (Å²) in [6, 6.07) is -1.14. The van der Waals surface area contributed by atoms with Crippen molar-refractivity contribution in [1.29, 1.82) is 0 Å². The first-order valence-electron chi connectivity index (χ1n) is 6.02. The Balaban J connectivity index is 2.37. The third-order valence-corrected chi connectivity index (χ3v) is 5.13. The summed E-state index contributed by atoms with van der Waals surface area (Å²) in [5.74, 6) is 0. The van der Waals surface area contributed by atoms with E-state index >= 15 is 0 Å². The molecule has 0 spiro atoms. The number of aliphatic hydroxyl groups excluding tert-OH is 4. The van der Waals surface area contributed by atoms with E-state index in [2.05, 4.69) is 9.71 Å². The van der Waals surface area contributed by atoms with E-state index in [9.17, 15) is 28.5 Å². The number of hydrogen-bond donors (Lipinski definition) is 5. The average Bonchev–Trinajstić information content (AvgIpc) is 2.45. The van der Waals surface area contributed by atoms with Crippen molar-refractivity contribution in [2.45, 2.75) is 30.6 Å². The molecule has 11 nitrogen and oxygen atoms in total. The molecule has 5 atom stereocenters. The van der Waals surface area contributed by atoms with Crippen LogP contribution in [0.1, 0.15) is 0 Å². The fourth-order valence-corrected chi connectivity index (χ4v) is 3.84. The number of ether oxygens (including phenoxy) is 1. The molecule has 1 saturated heterocycles. The summed E-state index contributed by atoms with van der Waals surface area (Å²) in [5.41, 5.74) is 0. The Morgan fingerprint density at radius 1 is 1.32 bits per heavy atom. The summed E-state index contributed by atoms with van der Waals surface area (Å²) in [6.07, 6.45) is -7.09. The maximum absolute atomic E-state index is 12.1. The van der Waals surface area contributed by atoms with E-state index in [4.69, 9.17) is 9.84 Å². The molecule has 0 unspecified atom stereocenters. The Morgan fingerprint density at radius 3 is 2.45 bits per heavy atom. The van der Waals surface area contributed by atoms with Gasteiger partial charge < -0.3 is 25.2 Å². The van der Waals surface area contributed by atoms with Gasteiger partial charge >= 0.3 is 16.2 Å². The fraction of sp³-hybridized carbons (Fsp3) is 0.778. The lowest BCUT2D eigenvalue weighted by atomic mass is 9.98. The minimum Gasteiger partial charge on any atom is -0.394 e. The van der Waals surface area contributed by atoms with Crippen LogP contribution < -0.4 is 5.32 Å². The molecule has 22 heavy (non-hydrogen) atoms. The zero-order chi connectivity index (χ0) is 16.7. The van der Waals surface area contributed by atoms with Gasteiger partial charge in [-0.1, -0.05) is 11.8 Å². The van der Waals surface area contributed by atoms with Crippen LogP contribution in [-0.2, 0) is 14.9 Å². The molecular weight excluding hydrogens is 342 g/mol. The number of thioether (sulfide) groups is 1. The third-order valence-electron chi connectivity index (χ3n) is 3.15. The number of aliphatic hydroxyl groups is 4. The van der Waals surface area contributed by atoms with Crippen LogP contribution in [0.15, 0.2) is 4.40 Å².